The lowest BCUT2D eigenvalue weighted by Gasteiger charge is -2.31. The molecule has 2 heterocycles. The maximum absolute atomic E-state index is 9.49. The van der Waals surface area contributed by atoms with Gasteiger partial charge < -0.3 is 15.3 Å². The lowest BCUT2D eigenvalue weighted by molar-refractivity contribution is 0.145. The predicted octanol–water partition coefficient (Wildman–Crippen LogP) is 1.86. The van der Waals surface area contributed by atoms with Crippen LogP contribution in [0.5, 0.6) is 0 Å². The normalized spacial score (nSPS) is 17.2. The van der Waals surface area contributed by atoms with Crippen molar-refractivity contribution < 1.29 is 5.11 Å². The molecule has 0 aromatic carbocycles. The van der Waals surface area contributed by atoms with Crippen molar-refractivity contribution in [2.45, 2.75) is 32.3 Å². The minimum atomic E-state index is -0.124. The number of hydrogen-bond acceptors (Lipinski definition) is 4. The summed E-state index contributed by atoms with van der Waals surface area (Å²) in [6.07, 6.45) is 6.45. The maximum atomic E-state index is 9.49. The highest BCUT2D eigenvalue weighted by molar-refractivity contribution is 5.55. The van der Waals surface area contributed by atoms with Crippen LogP contribution in [0.3, 0.4) is 0 Å². The van der Waals surface area contributed by atoms with Gasteiger partial charge >= 0.3 is 0 Å². The topological polar surface area (TPSA) is 48.4 Å². The predicted molar refractivity (Wildman–Crippen MR) is 70.5 cm³/mol. The first-order chi connectivity index (χ1) is 8.29. The third kappa shape index (κ3) is 3.33. The van der Waals surface area contributed by atoms with Crippen molar-refractivity contribution in [2.75, 3.05) is 29.9 Å². The Balaban J connectivity index is 2.00. The number of pyridine rings is 1. The van der Waals surface area contributed by atoms with Gasteiger partial charge in [-0.15, -0.1) is 0 Å². The minimum Gasteiger partial charge on any atom is -0.393 e. The Kier molecular flexibility index (Phi) is 4.20. The first-order valence-corrected chi connectivity index (χ1v) is 6.41. The Labute approximate surface area is 103 Å². The molecule has 0 aliphatic carbocycles. The molecule has 1 aromatic heterocycles. The largest absolute Gasteiger partial charge is 0.393 e. The highest BCUT2D eigenvalue weighted by atomic mass is 16.3. The van der Waals surface area contributed by atoms with Crippen LogP contribution in [0, 0.1) is 0 Å². The fourth-order valence-electron chi connectivity index (χ4n) is 2.09. The second-order valence-electron chi connectivity index (χ2n) is 4.58. The average molecular weight is 235 g/mol. The molecule has 0 atom stereocenters. The second-order valence-corrected chi connectivity index (χ2v) is 4.58. The van der Waals surface area contributed by atoms with Crippen molar-refractivity contribution >= 4 is 11.4 Å². The Bertz CT molecular complexity index is 348. The molecule has 0 unspecified atom stereocenters. The van der Waals surface area contributed by atoms with Gasteiger partial charge in [0.05, 0.1) is 29.9 Å². The van der Waals surface area contributed by atoms with Crippen molar-refractivity contribution in [3.8, 4) is 0 Å². The maximum Gasteiger partial charge on any atom is 0.0574 e. The molecule has 94 valence electrons. The van der Waals surface area contributed by atoms with E-state index in [9.17, 15) is 5.11 Å². The Morgan fingerprint density at radius 3 is 2.88 bits per heavy atom. The number of aliphatic hydroxyl groups is 1. The number of rotatable bonds is 4. The highest BCUT2D eigenvalue weighted by Gasteiger charge is 2.17. The quantitative estimate of drug-likeness (QED) is 0.836. The van der Waals surface area contributed by atoms with Crippen LogP contribution >= 0.6 is 0 Å². The molecule has 0 spiro atoms. The van der Waals surface area contributed by atoms with Crippen LogP contribution in [-0.2, 0) is 0 Å². The summed E-state index contributed by atoms with van der Waals surface area (Å²) in [4.78, 5) is 6.55. The van der Waals surface area contributed by atoms with Crippen LogP contribution in [0.1, 0.15) is 26.2 Å². The highest BCUT2D eigenvalue weighted by Crippen LogP contribution is 2.21. The van der Waals surface area contributed by atoms with E-state index in [2.05, 4.69) is 28.2 Å². The van der Waals surface area contributed by atoms with Crippen LogP contribution in [0.2, 0.25) is 0 Å². The zero-order valence-corrected chi connectivity index (χ0v) is 10.4. The van der Waals surface area contributed by atoms with Crippen molar-refractivity contribution in [2.24, 2.45) is 0 Å². The lowest BCUT2D eigenvalue weighted by atomic mass is 10.1. The second kappa shape index (κ2) is 5.87. The van der Waals surface area contributed by atoms with Crippen molar-refractivity contribution in [1.82, 2.24) is 4.98 Å². The minimum absolute atomic E-state index is 0.124. The summed E-state index contributed by atoms with van der Waals surface area (Å²) in [6, 6.07) is 2.14. The molecule has 0 amide bonds. The number of nitrogens with zero attached hydrogens (tertiary/aromatic N) is 2. The summed E-state index contributed by atoms with van der Waals surface area (Å²) in [5.41, 5.74) is 2.23. The molecule has 4 heteroatoms. The fourth-order valence-corrected chi connectivity index (χ4v) is 2.09. The van der Waals surface area contributed by atoms with Crippen LogP contribution < -0.4 is 10.2 Å². The summed E-state index contributed by atoms with van der Waals surface area (Å²) in [7, 11) is 0. The van der Waals surface area contributed by atoms with Gasteiger partial charge in [0.15, 0.2) is 0 Å². The van der Waals surface area contributed by atoms with Crippen LogP contribution in [-0.4, -0.2) is 35.8 Å². The molecule has 1 saturated heterocycles. The molecule has 0 saturated carbocycles. The van der Waals surface area contributed by atoms with E-state index < -0.39 is 0 Å². The van der Waals surface area contributed by atoms with Gasteiger partial charge in [-0.05, 0) is 25.3 Å². The number of aliphatic hydroxyl groups excluding tert-OH is 1. The van der Waals surface area contributed by atoms with Gasteiger partial charge in [0.2, 0.25) is 0 Å². The Morgan fingerprint density at radius 2 is 2.18 bits per heavy atom. The van der Waals surface area contributed by atoms with Gasteiger partial charge in [0, 0.05) is 19.6 Å². The standard InChI is InChI=1S/C13H21N3O/c1-2-5-15-11-8-12(10-14-9-11)16-6-3-13(17)4-7-16/h8-10,13,15,17H,2-7H2,1H3. The molecular weight excluding hydrogens is 214 g/mol. The fraction of sp³-hybridized carbons (Fsp3) is 0.615. The van der Waals surface area contributed by atoms with Crippen LogP contribution in [0.25, 0.3) is 0 Å². The number of hydrogen-bond donors (Lipinski definition) is 2. The summed E-state index contributed by atoms with van der Waals surface area (Å²) < 4.78 is 0. The molecule has 4 nitrogen and oxygen atoms in total. The van der Waals surface area contributed by atoms with E-state index in [0.29, 0.717) is 0 Å². The van der Waals surface area contributed by atoms with Gasteiger partial charge in [-0.1, -0.05) is 6.92 Å². The van der Waals surface area contributed by atoms with Crippen molar-refractivity contribution in [3.63, 3.8) is 0 Å². The van der Waals surface area contributed by atoms with E-state index in [1.54, 1.807) is 0 Å². The molecule has 2 rings (SSSR count). The van der Waals surface area contributed by atoms with E-state index in [1.165, 1.54) is 0 Å². The molecule has 17 heavy (non-hydrogen) atoms. The van der Waals surface area contributed by atoms with Crippen molar-refractivity contribution in [3.05, 3.63) is 18.5 Å². The Hall–Kier alpha value is -1.29. The molecule has 1 aliphatic heterocycles. The molecule has 0 radical (unpaired) electrons. The third-order valence-electron chi connectivity index (χ3n) is 3.13. The van der Waals surface area contributed by atoms with Gasteiger partial charge in [-0.3, -0.25) is 4.98 Å². The third-order valence-corrected chi connectivity index (χ3v) is 3.13. The number of aromatic nitrogens is 1. The van der Waals surface area contributed by atoms with E-state index in [0.717, 1.165) is 50.3 Å². The Morgan fingerprint density at radius 1 is 1.41 bits per heavy atom. The van der Waals surface area contributed by atoms with E-state index >= 15 is 0 Å². The number of anilines is 2. The molecule has 1 aromatic rings. The van der Waals surface area contributed by atoms with E-state index in [4.69, 9.17) is 0 Å². The summed E-state index contributed by atoms with van der Waals surface area (Å²) in [5.74, 6) is 0. The van der Waals surface area contributed by atoms with Crippen LogP contribution in [0.15, 0.2) is 18.5 Å². The molecule has 2 N–H and O–H groups in total. The van der Waals surface area contributed by atoms with Crippen LogP contribution in [0.4, 0.5) is 11.4 Å². The summed E-state index contributed by atoms with van der Waals surface area (Å²) in [6.45, 7) is 4.96. The monoisotopic (exact) mass is 235 g/mol. The lowest BCUT2D eigenvalue weighted by Crippen LogP contribution is -2.35. The van der Waals surface area contributed by atoms with E-state index in [-0.39, 0.29) is 6.10 Å². The molecular formula is C13H21N3O. The summed E-state index contributed by atoms with van der Waals surface area (Å²) in [5, 5.41) is 12.8. The number of piperidine rings is 1. The first kappa shape index (κ1) is 12.2. The average Bonchev–Trinajstić information content (AvgIpc) is 2.37. The van der Waals surface area contributed by atoms with Crippen molar-refractivity contribution in [1.29, 1.82) is 0 Å². The smallest absolute Gasteiger partial charge is 0.0574 e. The molecule has 1 fully saturated rings. The van der Waals surface area contributed by atoms with Gasteiger partial charge in [0.1, 0.15) is 0 Å². The van der Waals surface area contributed by atoms with Gasteiger partial charge in [-0.2, -0.15) is 0 Å². The zero-order valence-electron chi connectivity index (χ0n) is 10.4. The van der Waals surface area contributed by atoms with E-state index in [1.807, 2.05) is 12.4 Å². The zero-order chi connectivity index (χ0) is 12.1. The number of nitrogens with one attached hydrogen (secondary N) is 1. The summed E-state index contributed by atoms with van der Waals surface area (Å²) >= 11 is 0. The van der Waals surface area contributed by atoms with Gasteiger partial charge in [-0.25, -0.2) is 0 Å². The molecule has 1 aliphatic rings. The van der Waals surface area contributed by atoms with Gasteiger partial charge in [0.25, 0.3) is 0 Å². The first-order valence-electron chi connectivity index (χ1n) is 6.41. The SMILES string of the molecule is CCCNc1cncc(N2CCC(O)CC2)c1. The molecule has 0 bridgehead atoms.